The maximum Gasteiger partial charge on any atom is 0.147 e. The normalized spacial score (nSPS) is 18.3. The third-order valence-corrected chi connectivity index (χ3v) is 8.93. The number of nitrogens with zero attached hydrogens (tertiary/aromatic N) is 1. The molecule has 39 heavy (non-hydrogen) atoms. The third-order valence-electron chi connectivity index (χ3n) is 7.22. The molecule has 0 saturated heterocycles. The van der Waals surface area contributed by atoms with Crippen LogP contribution in [-0.4, -0.2) is 58.2 Å². The van der Waals surface area contributed by atoms with Crippen LogP contribution in [0, 0.1) is 5.41 Å². The van der Waals surface area contributed by atoms with Crippen molar-refractivity contribution in [1.29, 1.82) is 0 Å². The van der Waals surface area contributed by atoms with Gasteiger partial charge >= 0.3 is 0 Å². The number of hydrogen-bond acceptors (Lipinski definition) is 7. The molecule has 9 N–H and O–H groups in total. The van der Waals surface area contributed by atoms with Crippen LogP contribution in [0.2, 0.25) is 0 Å². The molecule has 2 aromatic rings. The second-order valence-electron chi connectivity index (χ2n) is 9.48. The molecule has 0 amide bonds. The highest BCUT2D eigenvalue weighted by Crippen LogP contribution is 2.39. The first-order valence-corrected chi connectivity index (χ1v) is 15.6. The zero-order chi connectivity index (χ0) is 29.0. The molecule has 0 aromatic heterocycles. The molecule has 1 atom stereocenters. The van der Waals surface area contributed by atoms with Crippen LogP contribution >= 0.6 is 0 Å². The van der Waals surface area contributed by atoms with Crippen LogP contribution in [0.3, 0.4) is 0 Å². The second-order valence-corrected chi connectivity index (χ2v) is 12.2. The van der Waals surface area contributed by atoms with Gasteiger partial charge in [0, 0.05) is 30.8 Å². The van der Waals surface area contributed by atoms with Gasteiger partial charge in [0.2, 0.25) is 0 Å². The fourth-order valence-electron chi connectivity index (χ4n) is 4.96. The van der Waals surface area contributed by atoms with Gasteiger partial charge in [-0.1, -0.05) is 42.5 Å². The number of hydrogen-bond donors (Lipinski definition) is 3. The molecule has 10 nitrogen and oxygen atoms in total. The van der Waals surface area contributed by atoms with Gasteiger partial charge in [0.15, 0.2) is 0 Å². The Hall–Kier alpha value is -2.84. The number of allylic oxidation sites excluding steroid dienone is 3. The Balaban J connectivity index is 2.33. The third kappa shape index (κ3) is 6.67. The first kappa shape index (κ1) is 30.7. The summed E-state index contributed by atoms with van der Waals surface area (Å²) in [7, 11) is -10.2. The lowest BCUT2D eigenvalue weighted by Crippen LogP contribution is -2.78. The zero-order valence-corrected chi connectivity index (χ0v) is 23.9. The monoisotopic (exact) mass is 577 g/mol. The summed E-state index contributed by atoms with van der Waals surface area (Å²) in [6.45, 7) is 6.94. The molecule has 0 aliphatic heterocycles. The molecule has 2 aromatic carbocycles. The second kappa shape index (κ2) is 12.1. The summed E-state index contributed by atoms with van der Waals surface area (Å²) in [6.07, 6.45) is 8.46. The predicted molar refractivity (Wildman–Crippen MR) is 146 cm³/mol. The molecule has 0 bridgehead atoms. The summed E-state index contributed by atoms with van der Waals surface area (Å²) in [5.41, 5.74) is 14.5. The van der Waals surface area contributed by atoms with Gasteiger partial charge in [-0.3, -0.25) is 0 Å². The van der Waals surface area contributed by atoms with Crippen LogP contribution in [0.4, 0.5) is 5.69 Å². The van der Waals surface area contributed by atoms with Gasteiger partial charge in [0.05, 0.1) is 21.8 Å². The average molecular weight is 578 g/mol. The number of anilines is 1. The maximum atomic E-state index is 12.3. The van der Waals surface area contributed by atoms with Gasteiger partial charge in [0.25, 0.3) is 0 Å². The molecule has 1 aliphatic carbocycles. The van der Waals surface area contributed by atoms with Crippen molar-refractivity contribution >= 4 is 31.5 Å². The van der Waals surface area contributed by atoms with E-state index >= 15 is 0 Å². The lowest BCUT2D eigenvalue weighted by atomic mass is 9.73. The highest BCUT2D eigenvalue weighted by atomic mass is 32.2. The molecule has 0 spiro atoms. The number of quaternary nitrogens is 3. The van der Waals surface area contributed by atoms with Gasteiger partial charge in [-0.05, 0) is 54.8 Å². The van der Waals surface area contributed by atoms with Crippen LogP contribution in [0.1, 0.15) is 31.4 Å². The Bertz CT molecular complexity index is 1480. The van der Waals surface area contributed by atoms with Crippen molar-refractivity contribution in [2.75, 3.05) is 31.1 Å². The molecule has 212 valence electrons. The first-order valence-electron chi connectivity index (χ1n) is 12.8. The van der Waals surface area contributed by atoms with Gasteiger partial charge in [-0.2, -0.15) is 0 Å². The van der Waals surface area contributed by atoms with Crippen LogP contribution in [0.15, 0.2) is 82.1 Å². The minimum atomic E-state index is -5.16. The zero-order valence-electron chi connectivity index (χ0n) is 22.3. The van der Waals surface area contributed by atoms with Crippen molar-refractivity contribution in [2.24, 2.45) is 5.41 Å². The standard InChI is InChI=1S/C27H36N4O6S2/c1-3-31(4-2)21-7-5-19(6-8-21)26(20-11-13-27(14-12-20,15-16-28)25(30)18-29)23-10-9-22(38(32,33)34)17-24(23)39(35,36)37/h5-14,17,25H,3-4,15-16,18,28-30H2,1-2H3,(H,32,33,34)(H,35,36,37)/p+1. The van der Waals surface area contributed by atoms with E-state index in [9.17, 15) is 25.9 Å². The minimum absolute atomic E-state index is 0.00489. The first-order chi connectivity index (χ1) is 18.3. The molecule has 12 heteroatoms. The van der Waals surface area contributed by atoms with E-state index in [2.05, 4.69) is 22.1 Å². The maximum absolute atomic E-state index is 12.3. The number of benzene rings is 2. The minimum Gasteiger partial charge on any atom is -0.744 e. The van der Waals surface area contributed by atoms with Crippen molar-refractivity contribution in [3.05, 3.63) is 83.5 Å². The molecule has 1 aliphatic rings. The molecule has 0 fully saturated rings. The summed E-state index contributed by atoms with van der Waals surface area (Å²) >= 11 is 0. The summed E-state index contributed by atoms with van der Waals surface area (Å²) in [4.78, 5) is 0.582. The highest BCUT2D eigenvalue weighted by molar-refractivity contribution is 7.86. The van der Waals surface area contributed by atoms with Gasteiger partial charge in [-0.25, -0.2) is 16.8 Å². The van der Waals surface area contributed by atoms with Crippen molar-refractivity contribution in [3.63, 3.8) is 0 Å². The molecular weight excluding hydrogens is 540 g/mol. The van der Waals surface area contributed by atoms with Crippen LogP contribution in [-0.2, 0) is 20.2 Å². The SMILES string of the molecule is CCN(CC)c1ccc(C(=C2C=CC(CC[NH3+])(C([NH3+])C[NH3+])C=C2)c2ccc(S(=O)(=O)[O-])cc2S(=O)(=O)[O-])cc1. The Morgan fingerprint density at radius 1 is 0.923 bits per heavy atom. The van der Waals surface area contributed by atoms with E-state index in [1.165, 1.54) is 6.07 Å². The predicted octanol–water partition coefficient (Wildman–Crippen LogP) is -0.260. The molecule has 0 heterocycles. The Labute approximate surface area is 230 Å². The molecule has 3 rings (SSSR count). The van der Waals surface area contributed by atoms with E-state index in [1.807, 2.05) is 62.4 Å². The Morgan fingerprint density at radius 3 is 1.97 bits per heavy atom. The van der Waals surface area contributed by atoms with Crippen molar-refractivity contribution < 1.29 is 43.1 Å². The largest absolute Gasteiger partial charge is 0.744 e. The van der Waals surface area contributed by atoms with Crippen molar-refractivity contribution in [1.82, 2.24) is 0 Å². The van der Waals surface area contributed by atoms with Crippen molar-refractivity contribution in [2.45, 2.75) is 36.1 Å². The van der Waals surface area contributed by atoms with Gasteiger partial charge in [-0.15, -0.1) is 0 Å². The molecule has 0 saturated carbocycles. The van der Waals surface area contributed by atoms with Gasteiger partial charge in [0.1, 0.15) is 32.8 Å². The summed E-state index contributed by atoms with van der Waals surface area (Å²) in [5.74, 6) is 0. The van der Waals surface area contributed by atoms with E-state index < -0.39 is 35.4 Å². The smallest absolute Gasteiger partial charge is 0.147 e. The van der Waals surface area contributed by atoms with E-state index in [1.54, 1.807) is 0 Å². The fraction of sp³-hybridized carbons (Fsp3) is 0.333. The van der Waals surface area contributed by atoms with E-state index in [4.69, 9.17) is 0 Å². The molecule has 0 radical (unpaired) electrons. The summed E-state index contributed by atoms with van der Waals surface area (Å²) < 4.78 is 72.0. The van der Waals surface area contributed by atoms with Crippen LogP contribution in [0.25, 0.3) is 5.57 Å². The molecule has 1 unspecified atom stereocenters. The Morgan fingerprint density at radius 2 is 1.51 bits per heavy atom. The molecular formula is C27H37N4O6S2+. The average Bonchev–Trinajstić information content (AvgIpc) is 2.90. The van der Waals surface area contributed by atoms with Gasteiger partial charge < -0.3 is 31.2 Å². The lowest BCUT2D eigenvalue weighted by molar-refractivity contribution is -0.509. The summed E-state index contributed by atoms with van der Waals surface area (Å²) in [6, 6.07) is 10.3. The van der Waals surface area contributed by atoms with Crippen molar-refractivity contribution in [3.8, 4) is 0 Å². The van der Waals surface area contributed by atoms with Crippen LogP contribution < -0.4 is 22.1 Å². The van der Waals surface area contributed by atoms with E-state index in [0.29, 0.717) is 35.9 Å². The summed E-state index contributed by atoms with van der Waals surface area (Å²) in [5, 5.41) is 0. The Kier molecular flexibility index (Phi) is 9.55. The highest BCUT2D eigenvalue weighted by Gasteiger charge is 2.37. The van der Waals surface area contributed by atoms with E-state index in [-0.39, 0.29) is 11.6 Å². The topological polar surface area (TPSA) is 201 Å². The lowest BCUT2D eigenvalue weighted by Gasteiger charge is -2.31. The van der Waals surface area contributed by atoms with E-state index in [0.717, 1.165) is 31.3 Å². The number of rotatable bonds is 11. The quantitative estimate of drug-likeness (QED) is 0.305. The fourth-order valence-corrected chi connectivity index (χ4v) is 6.24. The van der Waals surface area contributed by atoms with Crippen LogP contribution in [0.5, 0.6) is 0 Å².